The van der Waals surface area contributed by atoms with E-state index in [1.54, 1.807) is 0 Å². The second-order valence-electron chi connectivity index (χ2n) is 6.64. The molecule has 3 heteroatoms. The van der Waals surface area contributed by atoms with Crippen molar-refractivity contribution in [2.24, 2.45) is 5.41 Å². The number of carbonyl (C=O) groups is 1. The average Bonchev–Trinajstić information content (AvgIpc) is 2.34. The molecule has 0 fully saturated rings. The lowest BCUT2D eigenvalue weighted by Crippen LogP contribution is -2.38. The van der Waals surface area contributed by atoms with Crippen LogP contribution in [-0.4, -0.2) is 29.1 Å². The van der Waals surface area contributed by atoms with Crippen molar-refractivity contribution in [1.29, 1.82) is 0 Å². The SMILES string of the molecule is CC(C)(C)CCN1Cc2ccccc2C(C(=O)O)C1. The minimum Gasteiger partial charge on any atom is -0.481 e. The molecule has 3 nitrogen and oxygen atoms in total. The lowest BCUT2D eigenvalue weighted by Gasteiger charge is -2.34. The zero-order valence-electron chi connectivity index (χ0n) is 12.0. The molecule has 0 aliphatic carbocycles. The summed E-state index contributed by atoms with van der Waals surface area (Å²) in [6.07, 6.45) is 1.08. The topological polar surface area (TPSA) is 40.5 Å². The van der Waals surface area contributed by atoms with Crippen molar-refractivity contribution in [2.75, 3.05) is 13.1 Å². The average molecular weight is 261 g/mol. The number of rotatable bonds is 3. The van der Waals surface area contributed by atoms with Crippen LogP contribution in [0.2, 0.25) is 0 Å². The Morgan fingerprint density at radius 3 is 2.68 bits per heavy atom. The van der Waals surface area contributed by atoms with Gasteiger partial charge in [0.05, 0.1) is 5.92 Å². The first-order valence-corrected chi connectivity index (χ1v) is 6.90. The molecule has 0 bridgehead atoms. The quantitative estimate of drug-likeness (QED) is 0.909. The smallest absolute Gasteiger partial charge is 0.312 e. The summed E-state index contributed by atoms with van der Waals surface area (Å²) in [6, 6.07) is 7.92. The molecule has 0 spiro atoms. The van der Waals surface area contributed by atoms with E-state index in [4.69, 9.17) is 0 Å². The van der Waals surface area contributed by atoms with E-state index in [-0.39, 0.29) is 11.3 Å². The van der Waals surface area contributed by atoms with E-state index in [0.717, 1.165) is 30.6 Å². The van der Waals surface area contributed by atoms with Crippen LogP contribution in [0, 0.1) is 5.41 Å². The molecule has 0 aromatic heterocycles. The lowest BCUT2D eigenvalue weighted by molar-refractivity contribution is -0.139. The summed E-state index contributed by atoms with van der Waals surface area (Å²) in [5.74, 6) is -1.10. The Balaban J connectivity index is 2.14. The van der Waals surface area contributed by atoms with Crippen molar-refractivity contribution >= 4 is 5.97 Å². The van der Waals surface area contributed by atoms with Gasteiger partial charge in [-0.25, -0.2) is 0 Å². The number of carboxylic acid groups (broad SMARTS) is 1. The van der Waals surface area contributed by atoms with Crippen LogP contribution in [-0.2, 0) is 11.3 Å². The molecule has 1 aliphatic heterocycles. The molecule has 1 aliphatic rings. The second-order valence-corrected chi connectivity index (χ2v) is 6.64. The van der Waals surface area contributed by atoms with Crippen LogP contribution >= 0.6 is 0 Å². The maximum Gasteiger partial charge on any atom is 0.312 e. The third-order valence-corrected chi connectivity index (χ3v) is 3.74. The van der Waals surface area contributed by atoms with Gasteiger partial charge in [-0.05, 0) is 29.5 Å². The fourth-order valence-corrected chi connectivity index (χ4v) is 2.56. The third kappa shape index (κ3) is 3.57. The van der Waals surface area contributed by atoms with Crippen LogP contribution in [0.15, 0.2) is 24.3 Å². The zero-order chi connectivity index (χ0) is 14.0. The standard InChI is InChI=1S/C16H23NO2/c1-16(2,3)8-9-17-10-12-6-4-5-7-13(12)14(11-17)15(18)19/h4-7,14H,8-11H2,1-3H3,(H,18,19). The van der Waals surface area contributed by atoms with Crippen LogP contribution in [0.5, 0.6) is 0 Å². The summed E-state index contributed by atoms with van der Waals surface area (Å²) < 4.78 is 0. The third-order valence-electron chi connectivity index (χ3n) is 3.74. The maximum absolute atomic E-state index is 11.4. The van der Waals surface area contributed by atoms with Gasteiger partial charge in [-0.3, -0.25) is 9.69 Å². The zero-order valence-corrected chi connectivity index (χ0v) is 12.0. The van der Waals surface area contributed by atoms with Crippen LogP contribution in [0.25, 0.3) is 0 Å². The highest BCUT2D eigenvalue weighted by Gasteiger charge is 2.30. The van der Waals surface area contributed by atoms with Gasteiger partial charge >= 0.3 is 5.97 Å². The minimum absolute atomic E-state index is 0.287. The van der Waals surface area contributed by atoms with Gasteiger partial charge in [0.1, 0.15) is 0 Å². The molecule has 0 radical (unpaired) electrons. The number of fused-ring (bicyclic) bond motifs is 1. The van der Waals surface area contributed by atoms with Crippen molar-refractivity contribution in [3.05, 3.63) is 35.4 Å². The Labute approximate surface area is 115 Å². The Morgan fingerprint density at radius 2 is 2.05 bits per heavy atom. The van der Waals surface area contributed by atoms with E-state index >= 15 is 0 Å². The first-order valence-electron chi connectivity index (χ1n) is 6.90. The number of benzene rings is 1. The molecular weight excluding hydrogens is 238 g/mol. The van der Waals surface area contributed by atoms with E-state index in [9.17, 15) is 9.90 Å². The molecule has 0 saturated carbocycles. The van der Waals surface area contributed by atoms with Crippen LogP contribution in [0.3, 0.4) is 0 Å². The van der Waals surface area contributed by atoms with E-state index in [1.165, 1.54) is 0 Å². The molecule has 1 aromatic carbocycles. The number of carboxylic acids is 1. The second kappa shape index (κ2) is 5.33. The summed E-state index contributed by atoms with van der Waals surface area (Å²) in [5, 5.41) is 9.40. The Morgan fingerprint density at radius 1 is 1.37 bits per heavy atom. The van der Waals surface area contributed by atoms with Gasteiger partial charge in [0.25, 0.3) is 0 Å². The Bertz CT molecular complexity index is 462. The van der Waals surface area contributed by atoms with Gasteiger partial charge in [-0.2, -0.15) is 0 Å². The summed E-state index contributed by atoms with van der Waals surface area (Å²) in [4.78, 5) is 13.7. The van der Waals surface area contributed by atoms with Crippen molar-refractivity contribution in [3.8, 4) is 0 Å². The van der Waals surface area contributed by atoms with Gasteiger partial charge in [-0.15, -0.1) is 0 Å². The van der Waals surface area contributed by atoms with Crippen molar-refractivity contribution in [3.63, 3.8) is 0 Å². The van der Waals surface area contributed by atoms with E-state index in [2.05, 4.69) is 31.7 Å². The predicted molar refractivity (Wildman–Crippen MR) is 76.2 cm³/mol. The summed E-state index contributed by atoms with van der Waals surface area (Å²) in [6.45, 7) is 9.12. The van der Waals surface area contributed by atoms with Gasteiger partial charge < -0.3 is 5.11 Å². The summed E-state index contributed by atoms with van der Waals surface area (Å²) in [5.41, 5.74) is 2.44. The lowest BCUT2D eigenvalue weighted by atomic mass is 9.88. The monoisotopic (exact) mass is 261 g/mol. The molecule has 2 rings (SSSR count). The molecule has 0 amide bonds. The normalized spacial score (nSPS) is 20.1. The van der Waals surface area contributed by atoms with Crippen LogP contribution in [0.4, 0.5) is 0 Å². The highest BCUT2D eigenvalue weighted by molar-refractivity contribution is 5.77. The minimum atomic E-state index is -0.715. The number of hydrogen-bond acceptors (Lipinski definition) is 2. The highest BCUT2D eigenvalue weighted by atomic mass is 16.4. The molecule has 104 valence electrons. The molecule has 19 heavy (non-hydrogen) atoms. The Kier molecular flexibility index (Phi) is 3.95. The molecule has 1 heterocycles. The number of aliphatic carboxylic acids is 1. The summed E-state index contributed by atoms with van der Waals surface area (Å²) in [7, 11) is 0. The van der Waals surface area contributed by atoms with Crippen LogP contribution in [0.1, 0.15) is 44.2 Å². The number of nitrogens with zero attached hydrogens (tertiary/aromatic N) is 1. The Hall–Kier alpha value is -1.35. The molecule has 1 aromatic rings. The van der Waals surface area contributed by atoms with Gasteiger partial charge in [-0.1, -0.05) is 45.0 Å². The first kappa shape index (κ1) is 14.1. The summed E-state index contributed by atoms with van der Waals surface area (Å²) >= 11 is 0. The van der Waals surface area contributed by atoms with E-state index < -0.39 is 5.97 Å². The fourth-order valence-electron chi connectivity index (χ4n) is 2.56. The molecule has 1 atom stereocenters. The highest BCUT2D eigenvalue weighted by Crippen LogP contribution is 2.29. The van der Waals surface area contributed by atoms with Crippen molar-refractivity contribution < 1.29 is 9.90 Å². The van der Waals surface area contributed by atoms with E-state index in [1.807, 2.05) is 18.2 Å². The van der Waals surface area contributed by atoms with Gasteiger partial charge in [0.15, 0.2) is 0 Å². The van der Waals surface area contributed by atoms with Gasteiger partial charge in [0.2, 0.25) is 0 Å². The number of hydrogen-bond donors (Lipinski definition) is 1. The molecular formula is C16H23NO2. The van der Waals surface area contributed by atoms with Gasteiger partial charge in [0, 0.05) is 13.1 Å². The predicted octanol–water partition coefficient (Wildman–Crippen LogP) is 3.11. The first-order chi connectivity index (χ1) is 8.87. The largest absolute Gasteiger partial charge is 0.481 e. The molecule has 1 unspecified atom stereocenters. The van der Waals surface area contributed by atoms with Crippen molar-refractivity contribution in [1.82, 2.24) is 4.90 Å². The molecule has 1 N–H and O–H groups in total. The molecule has 0 saturated heterocycles. The van der Waals surface area contributed by atoms with Crippen molar-refractivity contribution in [2.45, 2.75) is 39.7 Å². The van der Waals surface area contributed by atoms with Crippen LogP contribution < -0.4 is 0 Å². The maximum atomic E-state index is 11.4. The fraction of sp³-hybridized carbons (Fsp3) is 0.562. The van der Waals surface area contributed by atoms with E-state index in [0.29, 0.717) is 6.54 Å².